The number of nitriles is 1. The lowest BCUT2D eigenvalue weighted by Gasteiger charge is -1.99. The monoisotopic (exact) mass is 333 g/mol. The van der Waals surface area contributed by atoms with Gasteiger partial charge in [0, 0.05) is 6.20 Å². The van der Waals surface area contributed by atoms with Gasteiger partial charge in [-0.3, -0.25) is 9.20 Å². The number of benzene rings is 1. The number of carbonyl (C=O) groups is 1. The van der Waals surface area contributed by atoms with Crippen LogP contribution in [0.2, 0.25) is 0 Å². The number of methoxy groups -OCH3 is 1. The zero-order valence-corrected chi connectivity index (χ0v) is 13.8. The molecule has 0 fully saturated rings. The molecule has 0 N–H and O–H groups in total. The molecule has 0 aliphatic rings. The lowest BCUT2D eigenvalue weighted by Crippen LogP contribution is -2.04. The summed E-state index contributed by atoms with van der Waals surface area (Å²) in [7, 11) is 1.33. The summed E-state index contributed by atoms with van der Waals surface area (Å²) in [6.45, 7) is 1.96. The molecule has 0 saturated heterocycles. The number of hydrogen-bond donors (Lipinski definition) is 0. The third kappa shape index (κ3) is 3.53. The third-order valence-electron chi connectivity index (χ3n) is 3.60. The maximum atomic E-state index is 11.7. The number of aryl methyl sites for hydroxylation is 1. The molecule has 7 heteroatoms. The highest BCUT2D eigenvalue weighted by Crippen LogP contribution is 2.25. The van der Waals surface area contributed by atoms with Crippen LogP contribution in [0.4, 0.5) is 11.5 Å². The molecule has 0 atom stereocenters. The fraction of sp³-hybridized carbons (Fsp3) is 0.167. The predicted molar refractivity (Wildman–Crippen MR) is 91.0 cm³/mol. The van der Waals surface area contributed by atoms with Gasteiger partial charge in [0.2, 0.25) is 0 Å². The van der Waals surface area contributed by atoms with Crippen molar-refractivity contribution in [3.8, 4) is 6.07 Å². The summed E-state index contributed by atoms with van der Waals surface area (Å²) in [5.41, 5.74) is 3.26. The first-order valence-electron chi connectivity index (χ1n) is 7.57. The van der Waals surface area contributed by atoms with Gasteiger partial charge in [-0.25, -0.2) is 4.98 Å². The first kappa shape index (κ1) is 16.3. The van der Waals surface area contributed by atoms with E-state index in [4.69, 9.17) is 10.00 Å². The van der Waals surface area contributed by atoms with Crippen molar-refractivity contribution in [2.45, 2.75) is 13.3 Å². The van der Waals surface area contributed by atoms with Crippen LogP contribution in [0.15, 0.2) is 52.8 Å². The van der Waals surface area contributed by atoms with E-state index in [0.717, 1.165) is 5.56 Å². The van der Waals surface area contributed by atoms with Crippen LogP contribution in [0.1, 0.15) is 16.8 Å². The molecule has 3 aromatic rings. The van der Waals surface area contributed by atoms with E-state index in [1.807, 2.05) is 25.3 Å². The van der Waals surface area contributed by atoms with Crippen LogP contribution in [0, 0.1) is 18.3 Å². The van der Waals surface area contributed by atoms with Crippen molar-refractivity contribution >= 4 is 23.1 Å². The fourth-order valence-electron chi connectivity index (χ4n) is 2.36. The van der Waals surface area contributed by atoms with Crippen LogP contribution in [0.5, 0.6) is 0 Å². The lowest BCUT2D eigenvalue weighted by atomic mass is 10.2. The maximum absolute atomic E-state index is 11.7. The Morgan fingerprint density at radius 2 is 2.16 bits per heavy atom. The quantitative estimate of drug-likeness (QED) is 0.538. The van der Waals surface area contributed by atoms with E-state index in [1.54, 1.807) is 28.7 Å². The molecule has 0 aliphatic carbocycles. The Morgan fingerprint density at radius 3 is 2.92 bits per heavy atom. The number of rotatable bonds is 4. The van der Waals surface area contributed by atoms with Gasteiger partial charge in [-0.2, -0.15) is 5.26 Å². The molecule has 0 unspecified atom stereocenters. The van der Waals surface area contributed by atoms with Crippen LogP contribution in [-0.2, 0) is 16.0 Å². The van der Waals surface area contributed by atoms with E-state index < -0.39 is 5.97 Å². The Balaban J connectivity index is 2.06. The zero-order valence-electron chi connectivity index (χ0n) is 13.8. The summed E-state index contributed by atoms with van der Waals surface area (Å²) >= 11 is 0. The van der Waals surface area contributed by atoms with E-state index in [9.17, 15) is 4.79 Å². The van der Waals surface area contributed by atoms with E-state index >= 15 is 0 Å². The average molecular weight is 333 g/mol. The predicted octanol–water partition coefficient (Wildman–Crippen LogP) is 3.65. The molecule has 7 nitrogen and oxygen atoms in total. The van der Waals surface area contributed by atoms with E-state index in [0.29, 0.717) is 28.4 Å². The van der Waals surface area contributed by atoms with Crippen LogP contribution in [0.25, 0.3) is 5.65 Å². The smallest absolute Gasteiger partial charge is 0.311 e. The summed E-state index contributed by atoms with van der Waals surface area (Å²) in [5, 5.41) is 17.4. The van der Waals surface area contributed by atoms with Crippen LogP contribution < -0.4 is 0 Å². The van der Waals surface area contributed by atoms with Crippen molar-refractivity contribution in [1.29, 1.82) is 5.26 Å². The zero-order chi connectivity index (χ0) is 17.8. The summed E-state index contributed by atoms with van der Waals surface area (Å²) in [6, 6.07) is 12.7. The van der Waals surface area contributed by atoms with Crippen molar-refractivity contribution in [1.82, 2.24) is 9.38 Å². The van der Waals surface area contributed by atoms with Crippen molar-refractivity contribution in [2.75, 3.05) is 7.11 Å². The number of fused-ring (bicyclic) bond motifs is 1. The molecule has 2 heterocycles. The minimum absolute atomic E-state index is 0.00379. The van der Waals surface area contributed by atoms with Gasteiger partial charge in [-0.15, -0.1) is 10.2 Å². The number of aromatic nitrogens is 2. The molecule has 0 saturated carbocycles. The first-order chi connectivity index (χ1) is 12.1. The highest BCUT2D eigenvalue weighted by molar-refractivity contribution is 5.74. The summed E-state index contributed by atoms with van der Waals surface area (Å²) in [4.78, 5) is 16.1. The highest BCUT2D eigenvalue weighted by Gasteiger charge is 2.16. The minimum Gasteiger partial charge on any atom is -0.469 e. The molecule has 0 aliphatic heterocycles. The van der Waals surface area contributed by atoms with Gasteiger partial charge >= 0.3 is 5.97 Å². The molecule has 0 radical (unpaired) electrons. The Bertz CT molecular complexity index is 1010. The average Bonchev–Trinajstić information content (AvgIpc) is 2.95. The molecule has 2 aromatic heterocycles. The van der Waals surface area contributed by atoms with E-state index in [1.165, 1.54) is 7.11 Å². The Kier molecular flexibility index (Phi) is 4.53. The number of hydrogen-bond acceptors (Lipinski definition) is 6. The fourth-order valence-corrected chi connectivity index (χ4v) is 2.36. The molecule has 0 bridgehead atoms. The highest BCUT2D eigenvalue weighted by atomic mass is 16.5. The third-order valence-corrected chi connectivity index (χ3v) is 3.60. The summed E-state index contributed by atoms with van der Waals surface area (Å²) in [5.74, 6) is 0.0609. The van der Waals surface area contributed by atoms with Gasteiger partial charge in [0.25, 0.3) is 0 Å². The second-order valence-corrected chi connectivity index (χ2v) is 5.43. The normalized spacial score (nSPS) is 10.9. The summed E-state index contributed by atoms with van der Waals surface area (Å²) in [6.07, 6.45) is 1.84. The Morgan fingerprint density at radius 1 is 1.32 bits per heavy atom. The molecule has 124 valence electrons. The Hall–Kier alpha value is -3.53. The van der Waals surface area contributed by atoms with E-state index in [2.05, 4.69) is 21.3 Å². The molecule has 1 aromatic carbocycles. The Labute approximate surface area is 144 Å². The first-order valence-corrected chi connectivity index (χ1v) is 7.57. The van der Waals surface area contributed by atoms with Crippen molar-refractivity contribution in [2.24, 2.45) is 10.2 Å². The number of imidazole rings is 1. The molecule has 0 spiro atoms. The van der Waals surface area contributed by atoms with Gasteiger partial charge in [0.15, 0.2) is 5.82 Å². The molecular weight excluding hydrogens is 318 g/mol. The van der Waals surface area contributed by atoms with E-state index in [-0.39, 0.29) is 6.42 Å². The van der Waals surface area contributed by atoms with Gasteiger partial charge in [-0.1, -0.05) is 6.07 Å². The van der Waals surface area contributed by atoms with Crippen molar-refractivity contribution in [3.63, 3.8) is 0 Å². The topological polar surface area (TPSA) is 92.1 Å². The second kappa shape index (κ2) is 6.93. The second-order valence-electron chi connectivity index (χ2n) is 5.43. The van der Waals surface area contributed by atoms with Crippen LogP contribution >= 0.6 is 0 Å². The van der Waals surface area contributed by atoms with Crippen LogP contribution in [0.3, 0.4) is 0 Å². The van der Waals surface area contributed by atoms with Crippen LogP contribution in [-0.4, -0.2) is 22.5 Å². The lowest BCUT2D eigenvalue weighted by molar-refractivity contribution is -0.139. The number of azo groups is 1. The number of carbonyl (C=O) groups excluding carboxylic acids is 1. The van der Waals surface area contributed by atoms with Crippen molar-refractivity contribution < 1.29 is 9.53 Å². The van der Waals surface area contributed by atoms with Crippen molar-refractivity contribution in [3.05, 3.63) is 59.4 Å². The molecule has 3 rings (SSSR count). The van der Waals surface area contributed by atoms with Gasteiger partial charge in [-0.05, 0) is 42.8 Å². The van der Waals surface area contributed by atoms with Gasteiger partial charge in [0.1, 0.15) is 5.65 Å². The maximum Gasteiger partial charge on any atom is 0.311 e. The van der Waals surface area contributed by atoms with Gasteiger partial charge in [0.05, 0.1) is 36.5 Å². The number of ether oxygens (including phenoxy) is 1. The number of pyridine rings is 1. The van der Waals surface area contributed by atoms with Gasteiger partial charge < -0.3 is 4.74 Å². The minimum atomic E-state index is -0.400. The standard InChI is InChI=1S/C18H15N5O2/c1-12-6-7-23-16(8-12)20-15(10-17(24)25-2)18(23)22-21-14-5-3-4-13(9-14)11-19/h3-9H,10H2,1-2H3. The number of nitrogens with zero attached hydrogens (tertiary/aromatic N) is 5. The SMILES string of the molecule is COC(=O)Cc1nc2cc(C)ccn2c1N=Nc1cccc(C#N)c1. The summed E-state index contributed by atoms with van der Waals surface area (Å²) < 4.78 is 6.49. The molecule has 0 amide bonds. The number of esters is 1. The largest absolute Gasteiger partial charge is 0.469 e. The molecular formula is C18H15N5O2. The molecule has 25 heavy (non-hydrogen) atoms.